The number of halogens is 4. The summed E-state index contributed by atoms with van der Waals surface area (Å²) >= 11 is 1.32. The summed E-state index contributed by atoms with van der Waals surface area (Å²) < 4.78 is 51.3. The van der Waals surface area contributed by atoms with Gasteiger partial charge in [0.1, 0.15) is 5.82 Å². The maximum Gasteiger partial charge on any atom is 0.416 e. The summed E-state index contributed by atoms with van der Waals surface area (Å²) in [6.45, 7) is 1.85. The number of alkyl halides is 3. The fraction of sp³-hybridized carbons (Fsp3) is 0.118. The summed E-state index contributed by atoms with van der Waals surface area (Å²) in [4.78, 5) is 5.29. The van der Waals surface area contributed by atoms with Gasteiger partial charge in [-0.1, -0.05) is 6.07 Å². The first-order valence-corrected chi connectivity index (χ1v) is 7.82. The molecule has 3 rings (SSSR count). The Bertz CT molecular complexity index is 854. The summed E-state index contributed by atoms with van der Waals surface area (Å²) in [5.41, 5.74) is 1.01. The largest absolute Gasteiger partial charge is 0.416 e. The molecule has 0 aliphatic heterocycles. The van der Waals surface area contributed by atoms with Crippen molar-refractivity contribution in [1.29, 1.82) is 0 Å². The molecule has 2 aromatic carbocycles. The van der Waals surface area contributed by atoms with Crippen LogP contribution in [0.4, 0.5) is 28.4 Å². The monoisotopic (exact) mass is 352 g/mol. The van der Waals surface area contributed by atoms with Crippen LogP contribution in [0.15, 0.2) is 48.5 Å². The minimum absolute atomic E-state index is 0.309. The number of thiazole rings is 1. The van der Waals surface area contributed by atoms with Gasteiger partial charge in [-0.05, 0) is 49.4 Å². The number of anilines is 2. The topological polar surface area (TPSA) is 24.9 Å². The van der Waals surface area contributed by atoms with Crippen LogP contribution in [-0.2, 0) is 6.18 Å². The third-order valence-electron chi connectivity index (χ3n) is 3.36. The fourth-order valence-electron chi connectivity index (χ4n) is 2.22. The van der Waals surface area contributed by atoms with E-state index in [9.17, 15) is 17.6 Å². The standard InChI is InChI=1S/C17H12F4N2S/c1-10-15(11-5-7-13(18)8-6-11)23-16(24-10)22-14-4-2-3-12(9-14)17(19,20)21/h2-9H,1H3,(H,22,23). The van der Waals surface area contributed by atoms with Crippen molar-refractivity contribution in [3.63, 3.8) is 0 Å². The van der Waals surface area contributed by atoms with E-state index >= 15 is 0 Å². The van der Waals surface area contributed by atoms with Gasteiger partial charge >= 0.3 is 6.18 Å². The molecule has 0 radical (unpaired) electrons. The second-order valence-electron chi connectivity index (χ2n) is 5.13. The second kappa shape index (κ2) is 6.24. The van der Waals surface area contributed by atoms with E-state index in [1.54, 1.807) is 18.2 Å². The van der Waals surface area contributed by atoms with E-state index in [0.717, 1.165) is 22.6 Å². The maximum absolute atomic E-state index is 13.0. The van der Waals surface area contributed by atoms with Gasteiger partial charge in [-0.25, -0.2) is 9.37 Å². The zero-order valence-corrected chi connectivity index (χ0v) is 13.3. The van der Waals surface area contributed by atoms with E-state index in [1.165, 1.54) is 29.5 Å². The first kappa shape index (κ1) is 16.4. The molecule has 0 aliphatic rings. The van der Waals surface area contributed by atoms with Crippen molar-refractivity contribution in [2.24, 2.45) is 0 Å². The molecule has 0 spiro atoms. The zero-order chi connectivity index (χ0) is 17.3. The highest BCUT2D eigenvalue weighted by atomic mass is 32.1. The Hall–Kier alpha value is -2.41. The van der Waals surface area contributed by atoms with Crippen LogP contribution in [0.25, 0.3) is 11.3 Å². The molecule has 0 atom stereocenters. The van der Waals surface area contributed by atoms with Crippen LogP contribution in [0.5, 0.6) is 0 Å². The zero-order valence-electron chi connectivity index (χ0n) is 12.5. The molecule has 0 bridgehead atoms. The molecule has 1 N–H and O–H groups in total. The summed E-state index contributed by atoms with van der Waals surface area (Å²) in [5, 5.41) is 3.37. The third-order valence-corrected chi connectivity index (χ3v) is 4.24. The van der Waals surface area contributed by atoms with Crippen molar-refractivity contribution >= 4 is 22.2 Å². The van der Waals surface area contributed by atoms with Crippen molar-refractivity contribution in [3.05, 3.63) is 64.8 Å². The lowest BCUT2D eigenvalue weighted by Crippen LogP contribution is -2.05. The van der Waals surface area contributed by atoms with Crippen LogP contribution < -0.4 is 5.32 Å². The van der Waals surface area contributed by atoms with E-state index in [2.05, 4.69) is 10.3 Å². The normalized spacial score (nSPS) is 11.5. The minimum Gasteiger partial charge on any atom is -0.332 e. The molecular formula is C17H12F4N2S. The van der Waals surface area contributed by atoms with Crippen molar-refractivity contribution in [1.82, 2.24) is 4.98 Å². The van der Waals surface area contributed by atoms with E-state index < -0.39 is 11.7 Å². The van der Waals surface area contributed by atoms with Gasteiger partial charge in [-0.3, -0.25) is 0 Å². The predicted molar refractivity (Wildman–Crippen MR) is 87.0 cm³/mol. The number of hydrogen-bond donors (Lipinski definition) is 1. The van der Waals surface area contributed by atoms with Crippen LogP contribution in [-0.4, -0.2) is 4.98 Å². The molecule has 1 aromatic heterocycles. The van der Waals surface area contributed by atoms with Gasteiger partial charge in [0, 0.05) is 16.1 Å². The lowest BCUT2D eigenvalue weighted by molar-refractivity contribution is -0.137. The molecule has 0 amide bonds. The molecule has 0 aliphatic carbocycles. The lowest BCUT2D eigenvalue weighted by Gasteiger charge is -2.08. The molecule has 7 heteroatoms. The van der Waals surface area contributed by atoms with Crippen molar-refractivity contribution in [2.75, 3.05) is 5.32 Å². The summed E-state index contributed by atoms with van der Waals surface area (Å²) in [7, 11) is 0. The average molecular weight is 352 g/mol. The van der Waals surface area contributed by atoms with Crippen LogP contribution in [0.3, 0.4) is 0 Å². The predicted octanol–water partition coefficient (Wildman–Crippen LogP) is 6.02. The summed E-state index contributed by atoms with van der Waals surface area (Å²) in [5.74, 6) is -0.339. The third kappa shape index (κ3) is 3.56. The van der Waals surface area contributed by atoms with E-state index in [1.807, 2.05) is 6.92 Å². The number of nitrogens with one attached hydrogen (secondary N) is 1. The van der Waals surface area contributed by atoms with Crippen LogP contribution in [0.2, 0.25) is 0 Å². The molecule has 0 saturated heterocycles. The Balaban J connectivity index is 1.87. The van der Waals surface area contributed by atoms with Crippen molar-refractivity contribution in [3.8, 4) is 11.3 Å². The number of nitrogens with zero attached hydrogens (tertiary/aromatic N) is 1. The number of rotatable bonds is 3. The van der Waals surface area contributed by atoms with Gasteiger partial charge in [0.2, 0.25) is 0 Å². The van der Waals surface area contributed by atoms with Gasteiger partial charge < -0.3 is 5.32 Å². The molecule has 2 nitrogen and oxygen atoms in total. The van der Waals surface area contributed by atoms with Crippen LogP contribution in [0.1, 0.15) is 10.4 Å². The summed E-state index contributed by atoms with van der Waals surface area (Å²) in [6.07, 6.45) is -4.39. The van der Waals surface area contributed by atoms with Crippen LogP contribution in [0, 0.1) is 12.7 Å². The van der Waals surface area contributed by atoms with Crippen molar-refractivity contribution in [2.45, 2.75) is 13.1 Å². The molecule has 0 fully saturated rings. The van der Waals surface area contributed by atoms with Gasteiger partial charge in [-0.15, -0.1) is 11.3 Å². The average Bonchev–Trinajstić information content (AvgIpc) is 2.88. The number of hydrogen-bond acceptors (Lipinski definition) is 3. The quantitative estimate of drug-likeness (QED) is 0.583. The van der Waals surface area contributed by atoms with Gasteiger partial charge in [-0.2, -0.15) is 13.2 Å². The highest BCUT2D eigenvalue weighted by Crippen LogP contribution is 2.34. The Kier molecular flexibility index (Phi) is 4.28. The number of aromatic nitrogens is 1. The molecule has 3 aromatic rings. The second-order valence-corrected chi connectivity index (χ2v) is 6.34. The first-order valence-electron chi connectivity index (χ1n) is 7.00. The Morgan fingerprint density at radius 1 is 1.04 bits per heavy atom. The molecule has 0 unspecified atom stereocenters. The smallest absolute Gasteiger partial charge is 0.332 e. The van der Waals surface area contributed by atoms with Gasteiger partial charge in [0.05, 0.1) is 11.3 Å². The van der Waals surface area contributed by atoms with E-state index in [0.29, 0.717) is 16.5 Å². The van der Waals surface area contributed by atoms with Gasteiger partial charge in [0.25, 0.3) is 0 Å². The lowest BCUT2D eigenvalue weighted by atomic mass is 10.1. The Labute approximate surface area is 139 Å². The molecule has 1 heterocycles. The van der Waals surface area contributed by atoms with Crippen LogP contribution >= 0.6 is 11.3 Å². The maximum atomic E-state index is 13.0. The fourth-order valence-corrected chi connectivity index (χ4v) is 3.08. The Morgan fingerprint density at radius 2 is 1.75 bits per heavy atom. The molecule has 0 saturated carbocycles. The summed E-state index contributed by atoms with van der Waals surface area (Å²) in [6, 6.07) is 10.9. The SMILES string of the molecule is Cc1sc(Nc2cccc(C(F)(F)F)c2)nc1-c1ccc(F)cc1. The minimum atomic E-state index is -4.39. The Morgan fingerprint density at radius 3 is 2.42 bits per heavy atom. The molecule has 124 valence electrons. The first-order chi connectivity index (χ1) is 11.3. The van der Waals surface area contributed by atoms with E-state index in [4.69, 9.17) is 0 Å². The molecule has 24 heavy (non-hydrogen) atoms. The van der Waals surface area contributed by atoms with Crippen molar-refractivity contribution < 1.29 is 17.6 Å². The van der Waals surface area contributed by atoms with Gasteiger partial charge in [0.15, 0.2) is 5.13 Å². The highest BCUT2D eigenvalue weighted by molar-refractivity contribution is 7.16. The number of benzene rings is 2. The highest BCUT2D eigenvalue weighted by Gasteiger charge is 2.30. The molecular weight excluding hydrogens is 340 g/mol. The number of aryl methyl sites for hydroxylation is 1. The van der Waals surface area contributed by atoms with E-state index in [-0.39, 0.29) is 5.82 Å².